The lowest BCUT2D eigenvalue weighted by Gasteiger charge is -2.40. The van der Waals surface area contributed by atoms with E-state index in [1.54, 1.807) is 11.9 Å². The van der Waals surface area contributed by atoms with Gasteiger partial charge in [-0.05, 0) is 17.7 Å². The second-order valence-electron chi connectivity index (χ2n) is 6.26. The zero-order valence-electron chi connectivity index (χ0n) is 15.1. The zero-order chi connectivity index (χ0) is 20.2. The van der Waals surface area contributed by atoms with Gasteiger partial charge in [-0.3, -0.25) is 10.3 Å². The lowest BCUT2D eigenvalue weighted by atomic mass is 10.0. The van der Waals surface area contributed by atoms with Crippen LogP contribution in [0.5, 0.6) is 0 Å². The number of aliphatic hydroxyl groups excluding tert-OH is 1. The van der Waals surface area contributed by atoms with Crippen LogP contribution in [0.25, 0.3) is 0 Å². The number of benzene rings is 1. The molecule has 0 aromatic heterocycles. The Hall–Kier alpha value is -2.46. The number of nitrogens with zero attached hydrogens (tertiary/aromatic N) is 2. The first kappa shape index (κ1) is 20.8. The van der Waals surface area contributed by atoms with Crippen molar-refractivity contribution in [2.75, 3.05) is 39.8 Å². The predicted octanol–water partition coefficient (Wildman–Crippen LogP) is 1.21. The summed E-state index contributed by atoms with van der Waals surface area (Å²) < 4.78 is 38.2. The maximum absolute atomic E-state index is 12.7. The fourth-order valence-electron chi connectivity index (χ4n) is 3.04. The van der Waals surface area contributed by atoms with E-state index in [2.05, 4.69) is 10.2 Å². The first-order valence-electron chi connectivity index (χ1n) is 8.50. The van der Waals surface area contributed by atoms with Crippen molar-refractivity contribution in [1.82, 2.24) is 15.1 Å². The van der Waals surface area contributed by atoms with Gasteiger partial charge in [0.25, 0.3) is 0 Å². The molecule has 1 atom stereocenters. The lowest BCUT2D eigenvalue weighted by Crippen LogP contribution is -2.51. The number of alkyl halides is 3. The van der Waals surface area contributed by atoms with Crippen LogP contribution in [-0.2, 0) is 6.18 Å². The number of rotatable bonds is 5. The third-order valence-corrected chi connectivity index (χ3v) is 4.67. The van der Waals surface area contributed by atoms with Gasteiger partial charge in [-0.1, -0.05) is 12.1 Å². The summed E-state index contributed by atoms with van der Waals surface area (Å²) >= 11 is 0. The normalized spacial score (nSPS) is 18.0. The van der Waals surface area contributed by atoms with Gasteiger partial charge in [0.1, 0.15) is 5.82 Å². The van der Waals surface area contributed by atoms with E-state index >= 15 is 0 Å². The average molecular weight is 386 g/mol. The second-order valence-corrected chi connectivity index (χ2v) is 6.26. The van der Waals surface area contributed by atoms with E-state index in [0.717, 1.165) is 17.7 Å². The van der Waals surface area contributed by atoms with Crippen molar-refractivity contribution in [3.63, 3.8) is 0 Å². The second kappa shape index (κ2) is 8.49. The van der Waals surface area contributed by atoms with Gasteiger partial charge in [0.2, 0.25) is 0 Å². The number of piperazine rings is 1. The molecule has 1 fully saturated rings. The monoisotopic (exact) mass is 386 g/mol. The maximum atomic E-state index is 12.7. The fourth-order valence-corrected chi connectivity index (χ4v) is 3.04. The number of hydrogen-bond acceptors (Lipinski definition) is 6. The molecule has 0 aliphatic carbocycles. The highest BCUT2D eigenvalue weighted by atomic mass is 19.4. The Morgan fingerprint density at radius 1 is 1.22 bits per heavy atom. The molecule has 1 aliphatic rings. The minimum absolute atomic E-state index is 0.0204. The fraction of sp³-hybridized carbons (Fsp3) is 0.471. The topological polar surface area (TPSA) is 115 Å². The summed E-state index contributed by atoms with van der Waals surface area (Å²) in [5.41, 5.74) is 11.5. The Labute approximate surface area is 155 Å². The molecule has 7 nitrogen and oxygen atoms in total. The molecular formula is C17H25F3N6O. The smallest absolute Gasteiger partial charge is 0.416 e. The molecule has 1 aliphatic heterocycles. The van der Waals surface area contributed by atoms with E-state index in [9.17, 15) is 18.3 Å². The van der Waals surface area contributed by atoms with Crippen LogP contribution in [0.3, 0.4) is 0 Å². The van der Waals surface area contributed by atoms with Crippen LogP contribution in [0.15, 0.2) is 35.8 Å². The standard InChI is InChI=1S/C17H25F3N6O/c1-24-15(22)14(27)16(23)26-8-6-25(7-9-26)13(10-21)11-2-4-12(5-3-11)17(18,19)20/h2-5,13,23-24,27H,6-10,21-22H2,1H3/b15-14+,23-16?. The molecule has 7 N–H and O–H groups in total. The van der Waals surface area contributed by atoms with E-state index in [1.165, 1.54) is 12.1 Å². The molecule has 27 heavy (non-hydrogen) atoms. The minimum Gasteiger partial charge on any atom is -0.502 e. The summed E-state index contributed by atoms with van der Waals surface area (Å²) in [5, 5.41) is 20.6. The molecule has 10 heteroatoms. The van der Waals surface area contributed by atoms with Gasteiger partial charge in [0.05, 0.1) is 5.56 Å². The Morgan fingerprint density at radius 3 is 2.22 bits per heavy atom. The Bertz CT molecular complexity index is 681. The van der Waals surface area contributed by atoms with Crippen molar-refractivity contribution < 1.29 is 18.3 Å². The maximum Gasteiger partial charge on any atom is 0.416 e. The highest BCUT2D eigenvalue weighted by Crippen LogP contribution is 2.31. The zero-order valence-corrected chi connectivity index (χ0v) is 15.1. The van der Waals surface area contributed by atoms with Crippen LogP contribution >= 0.6 is 0 Å². The third-order valence-electron chi connectivity index (χ3n) is 4.67. The molecule has 1 heterocycles. The van der Waals surface area contributed by atoms with Crippen LogP contribution in [0, 0.1) is 5.41 Å². The minimum atomic E-state index is -4.37. The number of halogens is 3. The third kappa shape index (κ3) is 4.83. The number of amidine groups is 1. The van der Waals surface area contributed by atoms with Crippen molar-refractivity contribution in [3.05, 3.63) is 47.0 Å². The van der Waals surface area contributed by atoms with E-state index in [1.807, 2.05) is 0 Å². The van der Waals surface area contributed by atoms with E-state index < -0.39 is 11.7 Å². The van der Waals surface area contributed by atoms with Gasteiger partial charge in [0, 0.05) is 45.8 Å². The number of nitrogens with one attached hydrogen (secondary N) is 2. The quantitative estimate of drug-likeness (QED) is 0.295. The van der Waals surface area contributed by atoms with E-state index in [-0.39, 0.29) is 30.0 Å². The highest BCUT2D eigenvalue weighted by molar-refractivity contribution is 5.94. The van der Waals surface area contributed by atoms with Gasteiger partial charge in [-0.25, -0.2) is 0 Å². The molecule has 0 saturated carbocycles. The molecule has 1 unspecified atom stereocenters. The average Bonchev–Trinajstić information content (AvgIpc) is 2.67. The predicted molar refractivity (Wildman–Crippen MR) is 97.0 cm³/mol. The van der Waals surface area contributed by atoms with Crippen LogP contribution in [-0.4, -0.2) is 60.5 Å². The Balaban J connectivity index is 2.04. The lowest BCUT2D eigenvalue weighted by molar-refractivity contribution is -0.137. The highest BCUT2D eigenvalue weighted by Gasteiger charge is 2.31. The van der Waals surface area contributed by atoms with Crippen molar-refractivity contribution in [1.29, 1.82) is 5.41 Å². The summed E-state index contributed by atoms with van der Waals surface area (Å²) in [6.07, 6.45) is -4.37. The summed E-state index contributed by atoms with van der Waals surface area (Å²) in [6.45, 7) is 2.31. The van der Waals surface area contributed by atoms with Crippen LogP contribution < -0.4 is 16.8 Å². The van der Waals surface area contributed by atoms with Crippen LogP contribution in [0.4, 0.5) is 13.2 Å². The largest absolute Gasteiger partial charge is 0.502 e. The molecule has 1 aromatic carbocycles. The summed E-state index contributed by atoms with van der Waals surface area (Å²) in [4.78, 5) is 3.75. The summed E-state index contributed by atoms with van der Waals surface area (Å²) in [5.74, 6) is -0.364. The van der Waals surface area contributed by atoms with E-state index in [0.29, 0.717) is 26.2 Å². The van der Waals surface area contributed by atoms with Crippen LogP contribution in [0.1, 0.15) is 17.2 Å². The van der Waals surface area contributed by atoms with Gasteiger partial charge in [0.15, 0.2) is 11.6 Å². The molecule has 1 aromatic rings. The first-order chi connectivity index (χ1) is 12.7. The molecule has 150 valence electrons. The summed E-state index contributed by atoms with van der Waals surface area (Å²) in [7, 11) is 1.55. The summed E-state index contributed by atoms with van der Waals surface area (Å²) in [6, 6.07) is 4.82. The molecular weight excluding hydrogens is 361 g/mol. The number of hydrogen-bond donors (Lipinski definition) is 5. The molecule has 0 spiro atoms. The number of nitrogens with two attached hydrogens (primary N) is 2. The van der Waals surface area contributed by atoms with Gasteiger partial charge in [-0.2, -0.15) is 13.2 Å². The van der Waals surface area contributed by atoms with Gasteiger partial charge < -0.3 is 26.8 Å². The van der Waals surface area contributed by atoms with Crippen LogP contribution in [0.2, 0.25) is 0 Å². The van der Waals surface area contributed by atoms with Crippen molar-refractivity contribution in [3.8, 4) is 0 Å². The van der Waals surface area contributed by atoms with Crippen molar-refractivity contribution in [2.24, 2.45) is 11.5 Å². The molecule has 0 amide bonds. The Kier molecular flexibility index (Phi) is 6.55. The molecule has 2 rings (SSSR count). The van der Waals surface area contributed by atoms with Gasteiger partial charge in [-0.15, -0.1) is 0 Å². The molecule has 1 saturated heterocycles. The van der Waals surface area contributed by atoms with E-state index in [4.69, 9.17) is 16.9 Å². The first-order valence-corrected chi connectivity index (χ1v) is 8.50. The van der Waals surface area contributed by atoms with Gasteiger partial charge >= 0.3 is 6.18 Å². The SMILES string of the molecule is CN/C(N)=C(/O)C(=N)N1CCN(C(CN)c2ccc(C(F)(F)F)cc2)CC1. The molecule has 0 bridgehead atoms. The van der Waals surface area contributed by atoms with Crippen molar-refractivity contribution >= 4 is 5.84 Å². The van der Waals surface area contributed by atoms with Crippen molar-refractivity contribution in [2.45, 2.75) is 12.2 Å². The Morgan fingerprint density at radius 2 is 1.78 bits per heavy atom. The molecule has 0 radical (unpaired) electrons. The number of aliphatic hydroxyl groups is 1.